The van der Waals surface area contributed by atoms with E-state index >= 15 is 0 Å². The molecule has 4 rings (SSSR count). The SMILES string of the molecule is Oc1ccc(N2CCN(Cc3csc(-c4cccs4)n3)CC2)cc1. The molecule has 1 aromatic carbocycles. The maximum Gasteiger partial charge on any atom is 0.133 e. The summed E-state index contributed by atoms with van der Waals surface area (Å²) < 4.78 is 0. The van der Waals surface area contributed by atoms with Crippen LogP contribution in [0.3, 0.4) is 0 Å². The second kappa shape index (κ2) is 6.93. The Hall–Kier alpha value is -1.89. The van der Waals surface area contributed by atoms with Crippen molar-refractivity contribution in [3.63, 3.8) is 0 Å². The van der Waals surface area contributed by atoms with Crippen molar-refractivity contribution in [3.05, 3.63) is 52.9 Å². The molecule has 0 spiro atoms. The van der Waals surface area contributed by atoms with Crippen molar-refractivity contribution in [3.8, 4) is 15.6 Å². The van der Waals surface area contributed by atoms with Crippen LogP contribution in [0.5, 0.6) is 5.75 Å². The van der Waals surface area contributed by atoms with Gasteiger partial charge in [-0.3, -0.25) is 4.90 Å². The number of hydrogen-bond donors (Lipinski definition) is 1. The Morgan fingerprint density at radius 3 is 2.50 bits per heavy atom. The van der Waals surface area contributed by atoms with E-state index in [1.54, 1.807) is 34.8 Å². The van der Waals surface area contributed by atoms with Crippen LogP contribution in [-0.2, 0) is 6.54 Å². The molecule has 3 aromatic rings. The quantitative estimate of drug-likeness (QED) is 0.769. The number of benzene rings is 1. The van der Waals surface area contributed by atoms with E-state index in [2.05, 4.69) is 32.7 Å². The Kier molecular flexibility index (Phi) is 4.51. The van der Waals surface area contributed by atoms with Crippen LogP contribution in [0, 0.1) is 0 Å². The molecule has 1 N–H and O–H groups in total. The maximum atomic E-state index is 9.40. The van der Waals surface area contributed by atoms with Crippen molar-refractivity contribution in [2.45, 2.75) is 6.54 Å². The van der Waals surface area contributed by atoms with Crippen molar-refractivity contribution in [1.29, 1.82) is 0 Å². The minimum Gasteiger partial charge on any atom is -0.508 e. The molecule has 0 bridgehead atoms. The van der Waals surface area contributed by atoms with Crippen molar-refractivity contribution >= 4 is 28.4 Å². The first kappa shape index (κ1) is 15.6. The number of piperazine rings is 1. The third kappa shape index (κ3) is 3.45. The minimum atomic E-state index is 0.322. The zero-order chi connectivity index (χ0) is 16.4. The standard InChI is InChI=1S/C18H19N3OS2/c22-16-5-3-15(4-6-16)21-9-7-20(8-10-21)12-14-13-24-18(19-14)17-2-1-11-23-17/h1-6,11,13,22H,7-10,12H2. The molecule has 1 saturated heterocycles. The molecule has 24 heavy (non-hydrogen) atoms. The van der Waals surface area contributed by atoms with Crippen LogP contribution in [-0.4, -0.2) is 41.2 Å². The summed E-state index contributed by atoms with van der Waals surface area (Å²) >= 11 is 3.48. The molecule has 0 radical (unpaired) electrons. The number of thiazole rings is 1. The van der Waals surface area contributed by atoms with Gasteiger partial charge in [-0.2, -0.15) is 0 Å². The number of rotatable bonds is 4. The summed E-state index contributed by atoms with van der Waals surface area (Å²) in [7, 11) is 0. The molecule has 1 aliphatic heterocycles. The van der Waals surface area contributed by atoms with E-state index < -0.39 is 0 Å². The molecular formula is C18H19N3OS2. The Bertz CT molecular complexity index is 775. The van der Waals surface area contributed by atoms with Gasteiger partial charge in [-0.05, 0) is 35.7 Å². The van der Waals surface area contributed by atoms with Gasteiger partial charge in [0, 0.05) is 43.8 Å². The first-order valence-corrected chi connectivity index (χ1v) is 9.78. The van der Waals surface area contributed by atoms with Gasteiger partial charge < -0.3 is 10.0 Å². The van der Waals surface area contributed by atoms with Gasteiger partial charge in [0.15, 0.2) is 0 Å². The summed E-state index contributed by atoms with van der Waals surface area (Å²) in [6.07, 6.45) is 0. The molecule has 1 aliphatic rings. The highest BCUT2D eigenvalue weighted by molar-refractivity contribution is 7.20. The van der Waals surface area contributed by atoms with Crippen molar-refractivity contribution < 1.29 is 5.11 Å². The predicted molar refractivity (Wildman–Crippen MR) is 101 cm³/mol. The van der Waals surface area contributed by atoms with Crippen LogP contribution in [0.15, 0.2) is 47.2 Å². The first-order chi connectivity index (χ1) is 11.8. The molecular weight excluding hydrogens is 338 g/mol. The van der Waals surface area contributed by atoms with Crippen LogP contribution in [0.2, 0.25) is 0 Å². The maximum absolute atomic E-state index is 9.40. The first-order valence-electron chi connectivity index (χ1n) is 8.02. The molecule has 0 unspecified atom stereocenters. The molecule has 1 fully saturated rings. The topological polar surface area (TPSA) is 39.6 Å². The molecule has 124 valence electrons. The average molecular weight is 358 g/mol. The number of anilines is 1. The molecule has 4 nitrogen and oxygen atoms in total. The molecule has 0 amide bonds. The van der Waals surface area contributed by atoms with Gasteiger partial charge in [-0.15, -0.1) is 22.7 Å². The Labute approximate surface area is 149 Å². The normalized spacial score (nSPS) is 15.8. The lowest BCUT2D eigenvalue weighted by Gasteiger charge is -2.35. The third-order valence-corrected chi connectivity index (χ3v) is 6.19. The second-order valence-electron chi connectivity index (χ2n) is 5.90. The van der Waals surface area contributed by atoms with E-state index in [0.29, 0.717) is 5.75 Å². The molecule has 3 heterocycles. The number of hydrogen-bond acceptors (Lipinski definition) is 6. The summed E-state index contributed by atoms with van der Waals surface area (Å²) in [5.41, 5.74) is 2.35. The molecule has 0 aliphatic carbocycles. The minimum absolute atomic E-state index is 0.322. The number of thiophene rings is 1. The fourth-order valence-corrected chi connectivity index (χ4v) is 4.57. The van der Waals surface area contributed by atoms with Crippen LogP contribution in [0.1, 0.15) is 5.69 Å². The van der Waals surface area contributed by atoms with Crippen molar-refractivity contribution in [1.82, 2.24) is 9.88 Å². The number of aromatic hydroxyl groups is 1. The highest BCUT2D eigenvalue weighted by Gasteiger charge is 2.18. The second-order valence-corrected chi connectivity index (χ2v) is 7.71. The summed E-state index contributed by atoms with van der Waals surface area (Å²) in [5, 5.41) is 14.8. The fraction of sp³-hybridized carbons (Fsp3) is 0.278. The monoisotopic (exact) mass is 357 g/mol. The number of phenols is 1. The summed E-state index contributed by atoms with van der Waals surface area (Å²) in [5.74, 6) is 0.322. The highest BCUT2D eigenvalue weighted by Crippen LogP contribution is 2.28. The Morgan fingerprint density at radius 2 is 1.79 bits per heavy atom. The van der Waals surface area contributed by atoms with Gasteiger partial charge in [0.25, 0.3) is 0 Å². The van der Waals surface area contributed by atoms with Crippen molar-refractivity contribution in [2.75, 3.05) is 31.1 Å². The van der Waals surface area contributed by atoms with E-state index in [1.165, 1.54) is 16.3 Å². The zero-order valence-electron chi connectivity index (χ0n) is 13.3. The molecule has 0 atom stereocenters. The third-order valence-electron chi connectivity index (χ3n) is 4.26. The van der Waals surface area contributed by atoms with Crippen LogP contribution < -0.4 is 4.90 Å². The van der Waals surface area contributed by atoms with Gasteiger partial charge in [0.2, 0.25) is 0 Å². The number of nitrogens with zero attached hydrogens (tertiary/aromatic N) is 3. The number of aromatic nitrogens is 1. The van der Waals surface area contributed by atoms with E-state index in [-0.39, 0.29) is 0 Å². The van der Waals surface area contributed by atoms with Gasteiger partial charge in [0.05, 0.1) is 10.6 Å². The lowest BCUT2D eigenvalue weighted by atomic mass is 10.2. The van der Waals surface area contributed by atoms with Gasteiger partial charge in [-0.25, -0.2) is 4.98 Å². The highest BCUT2D eigenvalue weighted by atomic mass is 32.1. The lowest BCUT2D eigenvalue weighted by molar-refractivity contribution is 0.247. The Morgan fingerprint density at radius 1 is 1.00 bits per heavy atom. The number of phenolic OH excluding ortho intramolecular Hbond substituents is 1. The largest absolute Gasteiger partial charge is 0.508 e. The van der Waals surface area contributed by atoms with E-state index in [1.807, 2.05) is 12.1 Å². The molecule has 6 heteroatoms. The van der Waals surface area contributed by atoms with Crippen LogP contribution in [0.4, 0.5) is 5.69 Å². The molecule has 2 aromatic heterocycles. The van der Waals surface area contributed by atoms with Crippen LogP contribution >= 0.6 is 22.7 Å². The summed E-state index contributed by atoms with van der Waals surface area (Å²) in [6.45, 7) is 5.00. The van der Waals surface area contributed by atoms with E-state index in [9.17, 15) is 5.11 Å². The van der Waals surface area contributed by atoms with E-state index in [0.717, 1.165) is 37.7 Å². The Balaban J connectivity index is 1.34. The van der Waals surface area contributed by atoms with Gasteiger partial charge in [-0.1, -0.05) is 6.07 Å². The average Bonchev–Trinajstić information content (AvgIpc) is 3.28. The fourth-order valence-electron chi connectivity index (χ4n) is 2.95. The smallest absolute Gasteiger partial charge is 0.133 e. The summed E-state index contributed by atoms with van der Waals surface area (Å²) in [4.78, 5) is 10.9. The zero-order valence-corrected chi connectivity index (χ0v) is 14.9. The van der Waals surface area contributed by atoms with Gasteiger partial charge >= 0.3 is 0 Å². The van der Waals surface area contributed by atoms with E-state index in [4.69, 9.17) is 4.98 Å². The summed E-state index contributed by atoms with van der Waals surface area (Å²) in [6, 6.07) is 11.7. The molecule has 0 saturated carbocycles. The van der Waals surface area contributed by atoms with Crippen LogP contribution in [0.25, 0.3) is 9.88 Å². The lowest BCUT2D eigenvalue weighted by Crippen LogP contribution is -2.46. The van der Waals surface area contributed by atoms with Crippen molar-refractivity contribution in [2.24, 2.45) is 0 Å². The predicted octanol–water partition coefficient (Wildman–Crippen LogP) is 3.90. The van der Waals surface area contributed by atoms with Gasteiger partial charge in [0.1, 0.15) is 10.8 Å².